The van der Waals surface area contributed by atoms with Crippen molar-refractivity contribution in [1.82, 2.24) is 4.98 Å². The van der Waals surface area contributed by atoms with Gasteiger partial charge in [-0.2, -0.15) is 5.26 Å². The molecular formula is C12H15N5O. The number of nitriles is 1. The van der Waals surface area contributed by atoms with E-state index in [1.807, 2.05) is 6.07 Å². The molecule has 6 nitrogen and oxygen atoms in total. The molecule has 18 heavy (non-hydrogen) atoms. The van der Waals surface area contributed by atoms with Crippen molar-refractivity contribution in [3.8, 4) is 6.07 Å². The summed E-state index contributed by atoms with van der Waals surface area (Å²) in [5.74, 6) is 0.261. The zero-order valence-electron chi connectivity index (χ0n) is 10.1. The van der Waals surface area contributed by atoms with Gasteiger partial charge in [-0.1, -0.05) is 0 Å². The Kier molecular flexibility index (Phi) is 3.17. The minimum atomic E-state index is -0.704. The number of rotatable bonds is 3. The second-order valence-corrected chi connectivity index (χ2v) is 4.46. The molecule has 1 unspecified atom stereocenters. The summed E-state index contributed by atoms with van der Waals surface area (Å²) in [7, 11) is 0. The zero-order valence-corrected chi connectivity index (χ0v) is 10.1. The summed E-state index contributed by atoms with van der Waals surface area (Å²) in [4.78, 5) is 6.80. The van der Waals surface area contributed by atoms with E-state index in [1.165, 1.54) is 0 Å². The number of ether oxygens (including phenoxy) is 1. The van der Waals surface area contributed by atoms with Crippen LogP contribution in [0, 0.1) is 16.7 Å². The molecule has 1 aromatic heterocycles. The molecule has 1 aliphatic heterocycles. The van der Waals surface area contributed by atoms with E-state index < -0.39 is 5.60 Å². The minimum Gasteiger partial charge on any atom is -0.382 e. The van der Waals surface area contributed by atoms with Gasteiger partial charge in [0.1, 0.15) is 12.2 Å². The first-order chi connectivity index (χ1) is 8.58. The van der Waals surface area contributed by atoms with Crippen LogP contribution in [0.25, 0.3) is 0 Å². The van der Waals surface area contributed by atoms with E-state index in [2.05, 4.69) is 16.0 Å². The Bertz CT molecular complexity index is 527. The number of hydrogen-bond acceptors (Lipinski definition) is 3. The second-order valence-electron chi connectivity index (χ2n) is 4.46. The number of hydrogen-bond donors (Lipinski definition) is 3. The van der Waals surface area contributed by atoms with Crippen LogP contribution in [-0.2, 0) is 4.74 Å². The number of nitrogens with zero attached hydrogens (tertiary/aromatic N) is 2. The van der Waals surface area contributed by atoms with Crippen LogP contribution >= 0.6 is 0 Å². The third kappa shape index (κ3) is 2.26. The number of nitrogens with two attached hydrogens (primary N) is 1. The summed E-state index contributed by atoms with van der Waals surface area (Å²) < 4.78 is 5.72. The normalized spacial score (nSPS) is 28.0. The number of aromatic nitrogens is 1. The van der Waals surface area contributed by atoms with E-state index in [9.17, 15) is 0 Å². The lowest BCUT2D eigenvalue weighted by atomic mass is 10.0. The summed E-state index contributed by atoms with van der Waals surface area (Å²) in [5.41, 5.74) is 6.50. The van der Waals surface area contributed by atoms with Crippen LogP contribution in [0.3, 0.4) is 0 Å². The Labute approximate surface area is 105 Å². The fourth-order valence-corrected chi connectivity index (χ4v) is 2.03. The highest BCUT2D eigenvalue weighted by molar-refractivity contribution is 5.99. The molecule has 94 valence electrons. The molecule has 0 saturated carbocycles. The maximum atomic E-state index is 9.00. The van der Waals surface area contributed by atoms with Gasteiger partial charge in [-0.05, 0) is 31.9 Å². The van der Waals surface area contributed by atoms with E-state index >= 15 is 0 Å². The smallest absolute Gasteiger partial charge is 0.152 e. The van der Waals surface area contributed by atoms with Crippen molar-refractivity contribution in [3.05, 3.63) is 23.5 Å². The Balaban J connectivity index is 2.15. The lowest BCUT2D eigenvalue weighted by Gasteiger charge is -2.15. The summed E-state index contributed by atoms with van der Waals surface area (Å²) in [5, 5.41) is 15.9. The van der Waals surface area contributed by atoms with Crippen molar-refractivity contribution in [2.45, 2.75) is 31.5 Å². The maximum absolute atomic E-state index is 9.00. The van der Waals surface area contributed by atoms with Crippen LogP contribution in [0.2, 0.25) is 0 Å². The first-order valence-corrected chi connectivity index (χ1v) is 5.68. The quantitative estimate of drug-likeness (QED) is 0.553. The third-order valence-corrected chi connectivity index (χ3v) is 3.06. The predicted octanol–water partition coefficient (Wildman–Crippen LogP) is 1.46. The van der Waals surface area contributed by atoms with Gasteiger partial charge >= 0.3 is 0 Å². The summed E-state index contributed by atoms with van der Waals surface area (Å²) >= 11 is 0. The highest BCUT2D eigenvalue weighted by Gasteiger charge is 2.37. The van der Waals surface area contributed by atoms with Crippen molar-refractivity contribution < 1.29 is 4.74 Å². The lowest BCUT2D eigenvalue weighted by molar-refractivity contribution is 0.00725. The van der Waals surface area contributed by atoms with Crippen molar-refractivity contribution in [2.75, 3.05) is 0 Å². The molecule has 6 heteroatoms. The molecule has 2 heterocycles. The average Bonchev–Trinajstić information content (AvgIpc) is 2.96. The topological polar surface area (TPSA) is 111 Å². The maximum Gasteiger partial charge on any atom is 0.152 e. The first-order valence-electron chi connectivity index (χ1n) is 5.68. The first kappa shape index (κ1) is 12.3. The Hall–Kier alpha value is -2.13. The van der Waals surface area contributed by atoms with Gasteiger partial charge in [0.05, 0.1) is 17.9 Å². The summed E-state index contributed by atoms with van der Waals surface area (Å²) in [6.45, 7) is 1.79. The fraction of sp³-hybridized carbons (Fsp3) is 0.417. The molecule has 2 atom stereocenters. The zero-order chi connectivity index (χ0) is 13.2. The van der Waals surface area contributed by atoms with E-state index in [4.69, 9.17) is 21.1 Å². The second kappa shape index (κ2) is 4.63. The van der Waals surface area contributed by atoms with E-state index in [-0.39, 0.29) is 11.9 Å². The Morgan fingerprint density at radius 1 is 1.78 bits per heavy atom. The predicted molar refractivity (Wildman–Crippen MR) is 67.4 cm³/mol. The number of nitrogens with one attached hydrogen (secondary N) is 2. The highest BCUT2D eigenvalue weighted by atomic mass is 16.5. The molecule has 1 aliphatic rings. The molecule has 2 rings (SSSR count). The number of amidine groups is 1. The Morgan fingerprint density at radius 2 is 2.56 bits per heavy atom. The number of aromatic amines is 1. The van der Waals surface area contributed by atoms with Gasteiger partial charge in [0.2, 0.25) is 0 Å². The fourth-order valence-electron chi connectivity index (χ4n) is 2.03. The van der Waals surface area contributed by atoms with Gasteiger partial charge in [-0.3, -0.25) is 5.41 Å². The number of H-pyrrole nitrogens is 1. The van der Waals surface area contributed by atoms with Crippen LogP contribution < -0.4 is 5.73 Å². The van der Waals surface area contributed by atoms with Crippen LogP contribution in [0.1, 0.15) is 37.3 Å². The van der Waals surface area contributed by atoms with Gasteiger partial charge in [-0.25, -0.2) is 4.99 Å². The van der Waals surface area contributed by atoms with Crippen LogP contribution in [0.15, 0.2) is 17.1 Å². The SMILES string of the molecule is C[C@]1(C#N)CCC(c2ccc(C(N)=NC=N)[nH]2)O1. The molecule has 0 amide bonds. The molecule has 4 N–H and O–H groups in total. The molecule has 0 aromatic carbocycles. The Morgan fingerprint density at radius 3 is 3.17 bits per heavy atom. The molecule has 0 radical (unpaired) electrons. The highest BCUT2D eigenvalue weighted by Crippen LogP contribution is 2.38. The van der Waals surface area contributed by atoms with E-state index in [0.29, 0.717) is 12.1 Å². The standard InChI is InChI=1S/C12H15N5O/c1-12(6-13)5-4-10(18-12)8-2-3-9(17-8)11(15)16-7-14/h2-3,7,10,17H,4-5H2,1H3,(H3,14,15,16)/t10?,12-/m1/s1. The summed E-state index contributed by atoms with van der Waals surface area (Å²) in [6.07, 6.45) is 2.29. The van der Waals surface area contributed by atoms with Crippen molar-refractivity contribution in [2.24, 2.45) is 10.7 Å². The van der Waals surface area contributed by atoms with Gasteiger partial charge in [0.25, 0.3) is 0 Å². The molecule has 1 saturated heterocycles. The van der Waals surface area contributed by atoms with Crippen molar-refractivity contribution in [3.63, 3.8) is 0 Å². The molecule has 0 aliphatic carbocycles. The van der Waals surface area contributed by atoms with Gasteiger partial charge < -0.3 is 15.5 Å². The van der Waals surface area contributed by atoms with Gasteiger partial charge in [0.15, 0.2) is 5.60 Å². The molecule has 0 spiro atoms. The molecule has 1 aromatic rings. The largest absolute Gasteiger partial charge is 0.382 e. The van der Waals surface area contributed by atoms with E-state index in [1.54, 1.807) is 13.0 Å². The number of aliphatic imine (C=N–C) groups is 1. The lowest BCUT2D eigenvalue weighted by Crippen LogP contribution is -2.20. The molecule has 0 bridgehead atoms. The van der Waals surface area contributed by atoms with E-state index in [0.717, 1.165) is 18.5 Å². The van der Waals surface area contributed by atoms with Gasteiger partial charge in [-0.15, -0.1) is 0 Å². The minimum absolute atomic E-state index is 0.115. The summed E-state index contributed by atoms with van der Waals surface area (Å²) in [6, 6.07) is 5.84. The molecule has 1 fully saturated rings. The molecular weight excluding hydrogens is 230 g/mol. The van der Waals surface area contributed by atoms with Crippen molar-refractivity contribution in [1.29, 1.82) is 10.7 Å². The van der Waals surface area contributed by atoms with Crippen molar-refractivity contribution >= 4 is 12.2 Å². The average molecular weight is 245 g/mol. The monoisotopic (exact) mass is 245 g/mol. The van der Waals surface area contributed by atoms with Gasteiger partial charge in [0, 0.05) is 5.69 Å². The van der Waals surface area contributed by atoms with Crippen LogP contribution in [0.4, 0.5) is 0 Å². The van der Waals surface area contributed by atoms with Crippen LogP contribution in [-0.4, -0.2) is 22.8 Å². The van der Waals surface area contributed by atoms with Crippen LogP contribution in [0.5, 0.6) is 0 Å². The third-order valence-electron chi connectivity index (χ3n) is 3.06.